The van der Waals surface area contributed by atoms with Crippen molar-refractivity contribution in [2.45, 2.75) is 19.3 Å². The standard InChI is InChI=1S/C27H22Cl2O2/c1-27(2,19-13-9-17(10-14-19)21-5-3-7-23(30)25(21)28)20-15-11-18(12-16-20)22-6-4-8-24(31)26(22)29/h3-16,30-31H,1-2H3. The fourth-order valence-electron chi connectivity index (χ4n) is 3.79. The van der Waals surface area contributed by atoms with Gasteiger partial charge in [-0.25, -0.2) is 0 Å². The van der Waals surface area contributed by atoms with Gasteiger partial charge in [0.1, 0.15) is 11.5 Å². The maximum Gasteiger partial charge on any atom is 0.134 e. The quantitative estimate of drug-likeness (QED) is 0.331. The summed E-state index contributed by atoms with van der Waals surface area (Å²) in [4.78, 5) is 0. The Bertz CT molecular complexity index is 1130. The molecule has 0 aliphatic carbocycles. The minimum absolute atomic E-state index is 0.0792. The summed E-state index contributed by atoms with van der Waals surface area (Å²) in [6, 6.07) is 27.0. The predicted molar refractivity (Wildman–Crippen MR) is 129 cm³/mol. The Labute approximate surface area is 192 Å². The van der Waals surface area contributed by atoms with E-state index in [-0.39, 0.29) is 16.9 Å². The van der Waals surface area contributed by atoms with Crippen LogP contribution in [0.15, 0.2) is 84.9 Å². The van der Waals surface area contributed by atoms with Crippen molar-refractivity contribution in [3.63, 3.8) is 0 Å². The van der Waals surface area contributed by atoms with E-state index in [1.807, 2.05) is 36.4 Å². The van der Waals surface area contributed by atoms with Crippen LogP contribution >= 0.6 is 23.2 Å². The van der Waals surface area contributed by atoms with E-state index in [0.29, 0.717) is 10.0 Å². The molecule has 4 heteroatoms. The van der Waals surface area contributed by atoms with E-state index in [1.165, 1.54) is 0 Å². The van der Waals surface area contributed by atoms with Crippen molar-refractivity contribution >= 4 is 23.2 Å². The second-order valence-electron chi connectivity index (χ2n) is 8.06. The highest BCUT2D eigenvalue weighted by atomic mass is 35.5. The van der Waals surface area contributed by atoms with E-state index in [9.17, 15) is 10.2 Å². The molecule has 2 N–H and O–H groups in total. The highest BCUT2D eigenvalue weighted by Crippen LogP contribution is 2.38. The maximum atomic E-state index is 9.88. The molecule has 31 heavy (non-hydrogen) atoms. The number of phenolic OH excluding ortho intramolecular Hbond substituents is 2. The van der Waals surface area contributed by atoms with Gasteiger partial charge in [0.05, 0.1) is 10.0 Å². The molecule has 4 aromatic carbocycles. The van der Waals surface area contributed by atoms with E-state index in [2.05, 4.69) is 38.1 Å². The van der Waals surface area contributed by atoms with Gasteiger partial charge >= 0.3 is 0 Å². The Kier molecular flexibility index (Phi) is 5.70. The van der Waals surface area contributed by atoms with Crippen LogP contribution in [0.4, 0.5) is 0 Å². The normalized spacial score (nSPS) is 11.5. The summed E-state index contributed by atoms with van der Waals surface area (Å²) in [7, 11) is 0. The lowest BCUT2D eigenvalue weighted by molar-refractivity contribution is 0.475. The Morgan fingerprint density at radius 1 is 0.548 bits per heavy atom. The molecule has 0 fully saturated rings. The molecule has 0 aliphatic heterocycles. The summed E-state index contributed by atoms with van der Waals surface area (Å²) < 4.78 is 0. The summed E-state index contributed by atoms with van der Waals surface area (Å²) in [6.45, 7) is 4.36. The van der Waals surface area contributed by atoms with Gasteiger partial charge in [-0.05, 0) is 34.4 Å². The first-order valence-electron chi connectivity index (χ1n) is 9.96. The Morgan fingerprint density at radius 3 is 1.26 bits per heavy atom. The van der Waals surface area contributed by atoms with Gasteiger partial charge in [-0.3, -0.25) is 0 Å². The smallest absolute Gasteiger partial charge is 0.134 e. The van der Waals surface area contributed by atoms with Crippen LogP contribution in [0.2, 0.25) is 10.0 Å². The van der Waals surface area contributed by atoms with Crippen LogP contribution in [-0.4, -0.2) is 10.2 Å². The molecule has 0 amide bonds. The van der Waals surface area contributed by atoms with Crippen molar-refractivity contribution in [3.05, 3.63) is 106 Å². The van der Waals surface area contributed by atoms with Gasteiger partial charge in [0.15, 0.2) is 0 Å². The lowest BCUT2D eigenvalue weighted by Gasteiger charge is -2.27. The molecule has 0 saturated carbocycles. The molecular weight excluding hydrogens is 427 g/mol. The number of benzene rings is 4. The first-order valence-corrected chi connectivity index (χ1v) is 10.7. The zero-order chi connectivity index (χ0) is 22.2. The molecule has 4 aromatic rings. The molecule has 4 rings (SSSR count). The first kappa shape index (κ1) is 21.3. The van der Waals surface area contributed by atoms with Crippen LogP contribution in [0.1, 0.15) is 25.0 Å². The number of hydrogen-bond acceptors (Lipinski definition) is 2. The molecule has 0 aromatic heterocycles. The fourth-order valence-corrected chi connectivity index (χ4v) is 4.26. The largest absolute Gasteiger partial charge is 0.506 e. The molecule has 0 radical (unpaired) electrons. The number of halogens is 2. The van der Waals surface area contributed by atoms with Crippen molar-refractivity contribution in [3.8, 4) is 33.8 Å². The molecule has 0 atom stereocenters. The Morgan fingerprint density at radius 2 is 0.903 bits per heavy atom. The van der Waals surface area contributed by atoms with Gasteiger partial charge in [-0.1, -0.05) is 110 Å². The third-order valence-corrected chi connectivity index (χ3v) is 6.59. The Hall–Kier alpha value is -2.94. The highest BCUT2D eigenvalue weighted by molar-refractivity contribution is 6.35. The summed E-state index contributed by atoms with van der Waals surface area (Å²) in [5.41, 5.74) is 5.62. The molecular formula is C27H22Cl2O2. The zero-order valence-electron chi connectivity index (χ0n) is 17.2. The summed E-state index contributed by atoms with van der Waals surface area (Å²) in [5, 5.41) is 20.5. The van der Waals surface area contributed by atoms with Crippen molar-refractivity contribution in [2.24, 2.45) is 0 Å². The summed E-state index contributed by atoms with van der Waals surface area (Å²) >= 11 is 12.5. The number of phenols is 2. The molecule has 0 spiro atoms. The van der Waals surface area contributed by atoms with E-state index in [4.69, 9.17) is 23.2 Å². The average Bonchev–Trinajstić information content (AvgIpc) is 2.78. The molecule has 2 nitrogen and oxygen atoms in total. The van der Waals surface area contributed by atoms with Crippen molar-refractivity contribution in [1.29, 1.82) is 0 Å². The van der Waals surface area contributed by atoms with Crippen molar-refractivity contribution < 1.29 is 10.2 Å². The lowest BCUT2D eigenvalue weighted by Crippen LogP contribution is -2.18. The van der Waals surface area contributed by atoms with Crippen LogP contribution in [0.25, 0.3) is 22.3 Å². The number of rotatable bonds is 4. The van der Waals surface area contributed by atoms with Gasteiger partial charge in [0.2, 0.25) is 0 Å². The predicted octanol–water partition coefficient (Wildman–Crippen LogP) is 8.06. The van der Waals surface area contributed by atoms with Crippen LogP contribution < -0.4 is 0 Å². The second kappa shape index (κ2) is 8.30. The van der Waals surface area contributed by atoms with Gasteiger partial charge in [-0.15, -0.1) is 0 Å². The minimum Gasteiger partial charge on any atom is -0.506 e. The summed E-state index contributed by atoms with van der Waals surface area (Å²) in [5.74, 6) is 0.158. The maximum absolute atomic E-state index is 9.88. The lowest BCUT2D eigenvalue weighted by atomic mass is 9.77. The van der Waals surface area contributed by atoms with E-state index < -0.39 is 0 Å². The molecule has 0 aliphatic rings. The van der Waals surface area contributed by atoms with E-state index in [1.54, 1.807) is 24.3 Å². The topological polar surface area (TPSA) is 40.5 Å². The zero-order valence-corrected chi connectivity index (χ0v) is 18.7. The number of hydrogen-bond donors (Lipinski definition) is 2. The van der Waals surface area contributed by atoms with Gasteiger partial charge in [0.25, 0.3) is 0 Å². The van der Waals surface area contributed by atoms with Gasteiger partial charge in [-0.2, -0.15) is 0 Å². The minimum atomic E-state index is -0.220. The van der Waals surface area contributed by atoms with Crippen LogP contribution in [-0.2, 0) is 5.41 Å². The van der Waals surface area contributed by atoms with Gasteiger partial charge < -0.3 is 10.2 Å². The summed E-state index contributed by atoms with van der Waals surface area (Å²) in [6.07, 6.45) is 0. The fraction of sp³-hybridized carbons (Fsp3) is 0.111. The third kappa shape index (κ3) is 4.01. The molecule has 0 unspecified atom stereocenters. The van der Waals surface area contributed by atoms with E-state index in [0.717, 1.165) is 33.4 Å². The average molecular weight is 449 g/mol. The Balaban J connectivity index is 1.64. The molecule has 156 valence electrons. The van der Waals surface area contributed by atoms with E-state index >= 15 is 0 Å². The van der Waals surface area contributed by atoms with Gasteiger partial charge in [0, 0.05) is 16.5 Å². The number of aromatic hydroxyl groups is 2. The van der Waals surface area contributed by atoms with Crippen molar-refractivity contribution in [2.75, 3.05) is 0 Å². The molecule has 0 saturated heterocycles. The molecule has 0 bridgehead atoms. The van der Waals surface area contributed by atoms with Crippen LogP contribution in [0, 0.1) is 0 Å². The SMILES string of the molecule is CC(C)(c1ccc(-c2cccc(O)c2Cl)cc1)c1ccc(-c2cccc(O)c2Cl)cc1. The second-order valence-corrected chi connectivity index (χ2v) is 8.81. The third-order valence-electron chi connectivity index (χ3n) is 5.79. The highest BCUT2D eigenvalue weighted by Gasteiger charge is 2.23. The first-order chi connectivity index (χ1) is 14.8. The van der Waals surface area contributed by atoms with Crippen molar-refractivity contribution in [1.82, 2.24) is 0 Å². The van der Waals surface area contributed by atoms with Crippen LogP contribution in [0.5, 0.6) is 11.5 Å². The molecule has 0 heterocycles. The van der Waals surface area contributed by atoms with Crippen LogP contribution in [0.3, 0.4) is 0 Å². The monoisotopic (exact) mass is 448 g/mol.